The molecule has 18 heavy (non-hydrogen) atoms. The summed E-state index contributed by atoms with van der Waals surface area (Å²) in [6.45, 7) is 5.13. The molecule has 1 aliphatic heterocycles. The molecular weight excluding hydrogens is 339 g/mol. The maximum Gasteiger partial charge on any atom is 0.0933 e. The van der Waals surface area contributed by atoms with Crippen LogP contribution in [0, 0.1) is 3.57 Å². The van der Waals surface area contributed by atoms with Crippen molar-refractivity contribution in [2.24, 2.45) is 0 Å². The van der Waals surface area contributed by atoms with Crippen molar-refractivity contribution < 1.29 is 4.84 Å². The van der Waals surface area contributed by atoms with E-state index >= 15 is 0 Å². The van der Waals surface area contributed by atoms with Crippen LogP contribution in [0.15, 0.2) is 24.3 Å². The summed E-state index contributed by atoms with van der Waals surface area (Å²) >= 11 is 2.31. The minimum absolute atomic E-state index is 0.636. The van der Waals surface area contributed by atoms with Gasteiger partial charge in [0.2, 0.25) is 0 Å². The van der Waals surface area contributed by atoms with Crippen LogP contribution >= 0.6 is 22.6 Å². The Morgan fingerprint density at radius 2 is 1.83 bits per heavy atom. The molecule has 100 valence electrons. The van der Waals surface area contributed by atoms with Gasteiger partial charge in [-0.15, -0.1) is 0 Å². The van der Waals surface area contributed by atoms with E-state index in [1.54, 1.807) is 0 Å². The Morgan fingerprint density at radius 1 is 1.11 bits per heavy atom. The van der Waals surface area contributed by atoms with Crippen molar-refractivity contribution >= 4 is 22.6 Å². The second-order valence-electron chi connectivity index (χ2n) is 4.71. The van der Waals surface area contributed by atoms with Gasteiger partial charge in [0, 0.05) is 16.7 Å². The van der Waals surface area contributed by atoms with Crippen molar-refractivity contribution in [1.82, 2.24) is 10.4 Å². The van der Waals surface area contributed by atoms with E-state index in [2.05, 4.69) is 57.2 Å². The number of rotatable bonds is 6. The number of hydroxylamine groups is 1. The molecule has 0 aromatic heterocycles. The first kappa shape index (κ1) is 14.2. The Bertz CT molecular complexity index is 336. The summed E-state index contributed by atoms with van der Waals surface area (Å²) in [6.07, 6.45) is 4.10. The normalized spacial score (nSPS) is 16.9. The summed E-state index contributed by atoms with van der Waals surface area (Å²) in [4.78, 5) is 7.98. The smallest absolute Gasteiger partial charge is 0.0933 e. The Hall–Kier alpha value is -0.170. The van der Waals surface area contributed by atoms with Crippen LogP contribution in [-0.4, -0.2) is 31.1 Å². The van der Waals surface area contributed by atoms with Gasteiger partial charge in [-0.2, -0.15) is 0 Å². The van der Waals surface area contributed by atoms with Crippen molar-refractivity contribution in [3.05, 3.63) is 33.4 Å². The molecule has 3 nitrogen and oxygen atoms in total. The molecule has 0 atom stereocenters. The predicted molar refractivity (Wildman–Crippen MR) is 82.2 cm³/mol. The van der Waals surface area contributed by atoms with Crippen LogP contribution in [0.2, 0.25) is 0 Å². The second kappa shape index (κ2) is 8.09. The van der Waals surface area contributed by atoms with E-state index in [9.17, 15) is 0 Å². The standard InChI is InChI=1S/C14H21IN2O/c15-14-6-4-13(5-7-14)12-18-16-8-11-17-9-2-1-3-10-17/h4-7,16H,1-3,8-12H2. The first-order chi connectivity index (χ1) is 8.84. The molecular formula is C14H21IN2O. The number of benzene rings is 1. The van der Waals surface area contributed by atoms with Gasteiger partial charge in [0.1, 0.15) is 0 Å². The lowest BCUT2D eigenvalue weighted by molar-refractivity contribution is 0.0219. The quantitative estimate of drug-likeness (QED) is 0.480. The zero-order chi connectivity index (χ0) is 12.6. The summed E-state index contributed by atoms with van der Waals surface area (Å²) < 4.78 is 1.26. The third-order valence-electron chi connectivity index (χ3n) is 3.23. The van der Waals surface area contributed by atoms with Gasteiger partial charge in [-0.25, -0.2) is 5.48 Å². The molecule has 2 rings (SSSR count). The SMILES string of the molecule is Ic1ccc(CONCCN2CCCCC2)cc1. The average Bonchev–Trinajstić information content (AvgIpc) is 2.42. The van der Waals surface area contributed by atoms with E-state index in [0.717, 1.165) is 13.1 Å². The highest BCUT2D eigenvalue weighted by molar-refractivity contribution is 14.1. The number of hydrogen-bond acceptors (Lipinski definition) is 3. The van der Waals surface area contributed by atoms with Crippen LogP contribution in [0.3, 0.4) is 0 Å². The largest absolute Gasteiger partial charge is 0.302 e. The first-order valence-electron chi connectivity index (χ1n) is 6.66. The van der Waals surface area contributed by atoms with Crippen LogP contribution in [0.4, 0.5) is 0 Å². The number of hydrogen-bond donors (Lipinski definition) is 1. The molecule has 1 N–H and O–H groups in total. The van der Waals surface area contributed by atoms with Crippen molar-refractivity contribution in [3.8, 4) is 0 Å². The Labute approximate surface area is 123 Å². The fraction of sp³-hybridized carbons (Fsp3) is 0.571. The molecule has 1 aromatic rings. The molecule has 1 aliphatic rings. The van der Waals surface area contributed by atoms with Crippen molar-refractivity contribution in [3.63, 3.8) is 0 Å². The molecule has 0 saturated carbocycles. The molecule has 0 radical (unpaired) electrons. The number of nitrogens with one attached hydrogen (secondary N) is 1. The van der Waals surface area contributed by atoms with Crippen molar-refractivity contribution in [1.29, 1.82) is 0 Å². The molecule has 0 spiro atoms. The van der Waals surface area contributed by atoms with E-state index in [1.807, 2.05) is 0 Å². The highest BCUT2D eigenvalue weighted by Crippen LogP contribution is 2.08. The molecule has 0 unspecified atom stereocenters. The summed E-state index contributed by atoms with van der Waals surface area (Å²) in [6, 6.07) is 8.42. The van der Waals surface area contributed by atoms with E-state index in [4.69, 9.17) is 4.84 Å². The number of nitrogens with zero attached hydrogens (tertiary/aromatic N) is 1. The van der Waals surface area contributed by atoms with E-state index in [1.165, 1.54) is 41.5 Å². The van der Waals surface area contributed by atoms with Gasteiger partial charge in [0.25, 0.3) is 0 Å². The van der Waals surface area contributed by atoms with Gasteiger partial charge in [0.05, 0.1) is 6.61 Å². The molecule has 4 heteroatoms. The molecule has 1 saturated heterocycles. The summed E-state index contributed by atoms with van der Waals surface area (Å²) in [5.74, 6) is 0. The molecule has 0 amide bonds. The third kappa shape index (κ3) is 5.22. The zero-order valence-electron chi connectivity index (χ0n) is 10.7. The lowest BCUT2D eigenvalue weighted by Crippen LogP contribution is -2.35. The maximum absolute atomic E-state index is 5.47. The zero-order valence-corrected chi connectivity index (χ0v) is 12.9. The Morgan fingerprint density at radius 3 is 2.56 bits per heavy atom. The topological polar surface area (TPSA) is 24.5 Å². The van der Waals surface area contributed by atoms with Gasteiger partial charge < -0.3 is 4.90 Å². The summed E-state index contributed by atoms with van der Waals surface area (Å²) in [5, 5.41) is 0. The van der Waals surface area contributed by atoms with Crippen molar-refractivity contribution in [2.75, 3.05) is 26.2 Å². The highest BCUT2D eigenvalue weighted by Gasteiger charge is 2.08. The fourth-order valence-electron chi connectivity index (χ4n) is 2.17. The predicted octanol–water partition coefficient (Wildman–Crippen LogP) is 2.80. The fourth-order valence-corrected chi connectivity index (χ4v) is 2.53. The van der Waals surface area contributed by atoms with Crippen molar-refractivity contribution in [2.45, 2.75) is 25.9 Å². The van der Waals surface area contributed by atoms with Crippen LogP contribution in [0.1, 0.15) is 24.8 Å². The van der Waals surface area contributed by atoms with Crippen LogP contribution in [0.5, 0.6) is 0 Å². The molecule has 1 heterocycles. The average molecular weight is 360 g/mol. The summed E-state index contributed by atoms with van der Waals surface area (Å²) in [7, 11) is 0. The molecule has 0 aliphatic carbocycles. The van der Waals surface area contributed by atoms with Crippen LogP contribution in [-0.2, 0) is 11.4 Å². The van der Waals surface area contributed by atoms with E-state index < -0.39 is 0 Å². The van der Waals surface area contributed by atoms with Gasteiger partial charge in [0.15, 0.2) is 0 Å². The first-order valence-corrected chi connectivity index (χ1v) is 7.74. The Balaban J connectivity index is 1.54. The van der Waals surface area contributed by atoms with Crippen LogP contribution in [0.25, 0.3) is 0 Å². The minimum Gasteiger partial charge on any atom is -0.302 e. The van der Waals surface area contributed by atoms with E-state index in [-0.39, 0.29) is 0 Å². The number of piperidine rings is 1. The van der Waals surface area contributed by atoms with E-state index in [0.29, 0.717) is 6.61 Å². The number of halogens is 1. The molecule has 0 bridgehead atoms. The lowest BCUT2D eigenvalue weighted by atomic mass is 10.1. The minimum atomic E-state index is 0.636. The Kier molecular flexibility index (Phi) is 6.40. The van der Waals surface area contributed by atoms with Gasteiger partial charge in [-0.05, 0) is 66.2 Å². The molecule has 1 fully saturated rings. The van der Waals surface area contributed by atoms with Gasteiger partial charge in [-0.1, -0.05) is 18.6 Å². The summed E-state index contributed by atoms with van der Waals surface area (Å²) in [5.41, 5.74) is 4.26. The molecule has 1 aromatic carbocycles. The van der Waals surface area contributed by atoms with Crippen LogP contribution < -0.4 is 5.48 Å². The monoisotopic (exact) mass is 360 g/mol. The lowest BCUT2D eigenvalue weighted by Gasteiger charge is -2.26. The number of likely N-dealkylation sites (tertiary alicyclic amines) is 1. The van der Waals surface area contributed by atoms with Gasteiger partial charge in [-0.3, -0.25) is 4.84 Å². The highest BCUT2D eigenvalue weighted by atomic mass is 127. The van der Waals surface area contributed by atoms with Gasteiger partial charge >= 0.3 is 0 Å². The maximum atomic E-state index is 5.47. The second-order valence-corrected chi connectivity index (χ2v) is 5.96. The third-order valence-corrected chi connectivity index (χ3v) is 3.95.